The SMILES string of the molecule is Cn1ncc(-c2cnc3cnc(CC(=O)C4CCC(F)(F)CC4)cc3c2)c1CN1CCCC1. The zero-order chi connectivity index (χ0) is 23.0. The van der Waals surface area contributed by atoms with Crippen molar-refractivity contribution in [2.45, 2.75) is 57.4 Å². The van der Waals surface area contributed by atoms with Crippen molar-refractivity contribution in [3.63, 3.8) is 0 Å². The van der Waals surface area contributed by atoms with Crippen molar-refractivity contribution >= 4 is 16.7 Å². The van der Waals surface area contributed by atoms with Gasteiger partial charge in [0.2, 0.25) is 5.92 Å². The normalized spacial score (nSPS) is 19.4. The van der Waals surface area contributed by atoms with Crippen molar-refractivity contribution < 1.29 is 13.6 Å². The number of Topliss-reactive ketones (excluding diaryl/α,β-unsaturated/α-hetero) is 1. The number of pyridine rings is 2. The van der Waals surface area contributed by atoms with Crippen LogP contribution < -0.4 is 0 Å². The second-order valence-electron chi connectivity index (χ2n) is 9.48. The molecule has 6 nitrogen and oxygen atoms in total. The fourth-order valence-electron chi connectivity index (χ4n) is 5.05. The average Bonchev–Trinajstić information content (AvgIpc) is 3.43. The van der Waals surface area contributed by atoms with E-state index in [-0.39, 0.29) is 43.8 Å². The molecule has 8 heteroatoms. The summed E-state index contributed by atoms with van der Waals surface area (Å²) in [5.41, 5.74) is 4.64. The van der Waals surface area contributed by atoms with Gasteiger partial charge in [-0.25, -0.2) is 8.78 Å². The van der Waals surface area contributed by atoms with E-state index in [1.165, 1.54) is 12.8 Å². The van der Waals surface area contributed by atoms with E-state index in [1.807, 2.05) is 30.2 Å². The molecule has 1 aliphatic carbocycles. The lowest BCUT2D eigenvalue weighted by Crippen LogP contribution is -2.29. The van der Waals surface area contributed by atoms with Gasteiger partial charge in [0.15, 0.2) is 0 Å². The number of rotatable bonds is 6. The van der Waals surface area contributed by atoms with E-state index in [1.54, 1.807) is 6.20 Å². The number of carbonyl (C=O) groups excluding carboxylic acids is 1. The predicted molar refractivity (Wildman–Crippen MR) is 122 cm³/mol. The second-order valence-corrected chi connectivity index (χ2v) is 9.48. The predicted octanol–water partition coefficient (Wildman–Crippen LogP) is 4.56. The Labute approximate surface area is 192 Å². The Morgan fingerprint density at radius 2 is 1.85 bits per heavy atom. The second kappa shape index (κ2) is 8.89. The van der Waals surface area contributed by atoms with Gasteiger partial charge in [-0.1, -0.05) is 0 Å². The van der Waals surface area contributed by atoms with Crippen LogP contribution >= 0.6 is 0 Å². The van der Waals surface area contributed by atoms with Gasteiger partial charge in [0.05, 0.1) is 23.6 Å². The lowest BCUT2D eigenvalue weighted by Gasteiger charge is -2.27. The van der Waals surface area contributed by atoms with Gasteiger partial charge in [-0.15, -0.1) is 0 Å². The Morgan fingerprint density at radius 1 is 1.09 bits per heavy atom. The molecule has 0 bridgehead atoms. The number of hydrogen-bond donors (Lipinski definition) is 0. The van der Waals surface area contributed by atoms with Crippen LogP contribution in [0.5, 0.6) is 0 Å². The summed E-state index contributed by atoms with van der Waals surface area (Å²) in [4.78, 5) is 24.1. The first-order valence-electron chi connectivity index (χ1n) is 11.8. The van der Waals surface area contributed by atoms with Crippen LogP contribution in [0, 0.1) is 5.92 Å². The summed E-state index contributed by atoms with van der Waals surface area (Å²) >= 11 is 0. The first-order chi connectivity index (χ1) is 15.9. The number of hydrogen-bond acceptors (Lipinski definition) is 5. The van der Waals surface area contributed by atoms with E-state index in [0.717, 1.165) is 47.4 Å². The number of likely N-dealkylation sites (tertiary alicyclic amines) is 1. The molecule has 2 aliphatic rings. The zero-order valence-corrected chi connectivity index (χ0v) is 18.9. The molecule has 0 unspecified atom stereocenters. The summed E-state index contributed by atoms with van der Waals surface area (Å²) in [5.74, 6) is -2.92. The molecule has 1 aliphatic heterocycles. The minimum absolute atomic E-state index is 0.00150. The Morgan fingerprint density at radius 3 is 2.61 bits per heavy atom. The summed E-state index contributed by atoms with van der Waals surface area (Å²) in [7, 11) is 1.97. The third-order valence-electron chi connectivity index (χ3n) is 7.10. The van der Waals surface area contributed by atoms with Crippen molar-refractivity contribution in [3.05, 3.63) is 42.1 Å². The highest BCUT2D eigenvalue weighted by Gasteiger charge is 2.37. The van der Waals surface area contributed by atoms with E-state index in [0.29, 0.717) is 5.69 Å². The van der Waals surface area contributed by atoms with Gasteiger partial charge in [-0.2, -0.15) is 5.10 Å². The highest BCUT2D eigenvalue weighted by molar-refractivity contribution is 5.86. The maximum absolute atomic E-state index is 13.4. The molecule has 1 saturated carbocycles. The maximum Gasteiger partial charge on any atom is 0.248 e. The van der Waals surface area contributed by atoms with Gasteiger partial charge in [0.1, 0.15) is 5.78 Å². The van der Waals surface area contributed by atoms with Crippen LogP contribution in [-0.2, 0) is 24.8 Å². The molecule has 0 radical (unpaired) electrons. The molecule has 0 amide bonds. The monoisotopic (exact) mass is 453 g/mol. The molecule has 0 spiro atoms. The largest absolute Gasteiger partial charge is 0.299 e. The molecular formula is C25H29F2N5O. The van der Waals surface area contributed by atoms with Crippen LogP contribution in [0.2, 0.25) is 0 Å². The van der Waals surface area contributed by atoms with Crippen LogP contribution in [0.3, 0.4) is 0 Å². The Hall–Kier alpha value is -2.74. The van der Waals surface area contributed by atoms with Gasteiger partial charge >= 0.3 is 0 Å². The molecule has 2 fully saturated rings. The Kier molecular flexibility index (Phi) is 5.95. The van der Waals surface area contributed by atoms with Crippen LogP contribution in [0.25, 0.3) is 22.0 Å². The van der Waals surface area contributed by atoms with Crippen LogP contribution in [0.15, 0.2) is 30.7 Å². The van der Waals surface area contributed by atoms with E-state index in [4.69, 9.17) is 0 Å². The fraction of sp³-hybridized carbons (Fsp3) is 0.520. The van der Waals surface area contributed by atoms with E-state index in [9.17, 15) is 13.6 Å². The molecule has 33 heavy (non-hydrogen) atoms. The zero-order valence-electron chi connectivity index (χ0n) is 18.9. The van der Waals surface area contributed by atoms with Crippen molar-refractivity contribution in [1.29, 1.82) is 0 Å². The van der Waals surface area contributed by atoms with Crippen LogP contribution in [0.1, 0.15) is 49.9 Å². The third-order valence-corrected chi connectivity index (χ3v) is 7.10. The first kappa shape index (κ1) is 22.1. The fourth-order valence-corrected chi connectivity index (χ4v) is 5.05. The summed E-state index contributed by atoms with van der Waals surface area (Å²) in [6.45, 7) is 3.09. The molecule has 4 heterocycles. The molecule has 174 valence electrons. The number of aryl methyl sites for hydroxylation is 1. The Bertz CT molecular complexity index is 1160. The molecule has 0 N–H and O–H groups in total. The van der Waals surface area contributed by atoms with Crippen molar-refractivity contribution in [3.8, 4) is 11.1 Å². The van der Waals surface area contributed by atoms with Gasteiger partial charge in [-0.3, -0.25) is 24.3 Å². The topological polar surface area (TPSA) is 63.9 Å². The van der Waals surface area contributed by atoms with Crippen LogP contribution in [0.4, 0.5) is 8.78 Å². The maximum atomic E-state index is 13.4. The molecule has 0 atom stereocenters. The molecule has 5 rings (SSSR count). The van der Waals surface area contributed by atoms with Crippen molar-refractivity contribution in [1.82, 2.24) is 24.6 Å². The number of fused-ring (bicyclic) bond motifs is 1. The Balaban J connectivity index is 1.36. The molecule has 0 aromatic carbocycles. The van der Waals surface area contributed by atoms with E-state index < -0.39 is 5.92 Å². The number of aromatic nitrogens is 4. The third kappa shape index (κ3) is 4.81. The van der Waals surface area contributed by atoms with Crippen molar-refractivity contribution in [2.24, 2.45) is 13.0 Å². The number of carbonyl (C=O) groups is 1. The number of ketones is 1. The standard InChI is InChI=1S/C25H29F2N5O/c1-31-23(16-32-8-2-3-9-32)21(14-30-31)19-10-18-11-20(28-15-22(18)29-13-19)12-24(33)17-4-6-25(26,27)7-5-17/h10-11,13-15,17H,2-9,12,16H2,1H3. The minimum Gasteiger partial charge on any atom is -0.299 e. The van der Waals surface area contributed by atoms with E-state index >= 15 is 0 Å². The first-order valence-corrected chi connectivity index (χ1v) is 11.8. The summed E-state index contributed by atoms with van der Waals surface area (Å²) in [6.07, 6.45) is 8.18. The van der Waals surface area contributed by atoms with Gasteiger partial charge in [-0.05, 0) is 50.9 Å². The van der Waals surface area contributed by atoms with Crippen molar-refractivity contribution in [2.75, 3.05) is 13.1 Å². The van der Waals surface area contributed by atoms with Gasteiger partial charge in [0.25, 0.3) is 0 Å². The minimum atomic E-state index is -2.63. The quantitative estimate of drug-likeness (QED) is 0.547. The molecule has 3 aromatic heterocycles. The van der Waals surface area contributed by atoms with E-state index in [2.05, 4.69) is 26.0 Å². The average molecular weight is 454 g/mol. The van der Waals surface area contributed by atoms with Gasteiger partial charge < -0.3 is 0 Å². The summed E-state index contributed by atoms with van der Waals surface area (Å²) in [6, 6.07) is 3.97. The lowest BCUT2D eigenvalue weighted by atomic mass is 9.83. The number of alkyl halides is 2. The molecule has 3 aromatic rings. The van der Waals surface area contributed by atoms with Crippen LogP contribution in [-0.4, -0.2) is 49.4 Å². The summed E-state index contributed by atoms with van der Waals surface area (Å²) < 4.78 is 28.8. The number of halogens is 2. The molecular weight excluding hydrogens is 424 g/mol. The smallest absolute Gasteiger partial charge is 0.248 e. The lowest BCUT2D eigenvalue weighted by molar-refractivity contribution is -0.126. The van der Waals surface area contributed by atoms with Gasteiger partial charge in [0, 0.05) is 67.2 Å². The molecule has 1 saturated heterocycles. The highest BCUT2D eigenvalue weighted by Crippen LogP contribution is 2.37. The number of nitrogens with zero attached hydrogens (tertiary/aromatic N) is 5. The summed E-state index contributed by atoms with van der Waals surface area (Å²) in [5, 5.41) is 5.40. The highest BCUT2D eigenvalue weighted by atomic mass is 19.3.